The molecule has 80 valence electrons. The first-order valence-electron chi connectivity index (χ1n) is 4.67. The summed E-state index contributed by atoms with van der Waals surface area (Å²) in [6.07, 6.45) is 6.48. The Balaban J connectivity index is 3.04. The molecule has 0 amide bonds. The molecule has 0 unspecified atom stereocenters. The first-order chi connectivity index (χ1) is 6.06. The molecular weight excluding hydrogens is 302 g/mol. The standard InChI is InChI=1S/C8H18IO3P/c9-7-5-3-1-2-4-6-8-13(10,11)12/h1-8H2,(H2,10,11,12). The van der Waals surface area contributed by atoms with E-state index in [0.717, 1.165) is 12.8 Å². The second-order valence-electron chi connectivity index (χ2n) is 3.20. The molecule has 0 saturated carbocycles. The van der Waals surface area contributed by atoms with E-state index >= 15 is 0 Å². The van der Waals surface area contributed by atoms with E-state index in [0.29, 0.717) is 6.42 Å². The number of alkyl halides is 1. The molecule has 13 heavy (non-hydrogen) atoms. The monoisotopic (exact) mass is 320 g/mol. The second kappa shape index (κ2) is 8.21. The molecule has 2 N–H and O–H groups in total. The molecule has 0 saturated heterocycles. The van der Waals surface area contributed by atoms with Crippen LogP contribution in [0, 0.1) is 0 Å². The molecular formula is C8H18IO3P. The van der Waals surface area contributed by atoms with Crippen LogP contribution in [0.5, 0.6) is 0 Å². The topological polar surface area (TPSA) is 57.5 Å². The Morgan fingerprint density at radius 3 is 1.85 bits per heavy atom. The SMILES string of the molecule is O=P(O)(O)CCCCCCCCI. The van der Waals surface area contributed by atoms with Crippen LogP contribution < -0.4 is 0 Å². The number of halogens is 1. The number of hydrogen-bond donors (Lipinski definition) is 2. The Hall–Kier alpha value is 0.880. The quantitative estimate of drug-likeness (QED) is 0.313. The van der Waals surface area contributed by atoms with Crippen LogP contribution in [0.2, 0.25) is 0 Å². The first-order valence-corrected chi connectivity index (χ1v) is 7.99. The molecule has 0 aromatic carbocycles. The molecule has 0 aliphatic rings. The molecule has 0 fully saturated rings. The Bertz CT molecular complexity index is 157. The minimum absolute atomic E-state index is 0.0548. The summed E-state index contributed by atoms with van der Waals surface area (Å²) in [7, 11) is -3.73. The highest BCUT2D eigenvalue weighted by molar-refractivity contribution is 14.1. The maximum absolute atomic E-state index is 10.5. The van der Waals surface area contributed by atoms with E-state index in [-0.39, 0.29) is 6.16 Å². The van der Waals surface area contributed by atoms with Crippen molar-refractivity contribution in [3.05, 3.63) is 0 Å². The summed E-state index contributed by atoms with van der Waals surface area (Å²) in [5.41, 5.74) is 0. The van der Waals surface area contributed by atoms with Crippen LogP contribution in [0.3, 0.4) is 0 Å². The minimum atomic E-state index is -3.73. The molecule has 0 aliphatic carbocycles. The molecule has 0 radical (unpaired) electrons. The van der Waals surface area contributed by atoms with Crippen LogP contribution in [0.4, 0.5) is 0 Å². The van der Waals surface area contributed by atoms with E-state index in [1.54, 1.807) is 0 Å². The Labute approximate surface area is 93.6 Å². The maximum atomic E-state index is 10.5. The second-order valence-corrected chi connectivity index (χ2v) is 6.05. The molecule has 0 heterocycles. The Morgan fingerprint density at radius 2 is 1.38 bits per heavy atom. The summed E-state index contributed by atoms with van der Waals surface area (Å²) < 4.78 is 11.7. The average molecular weight is 320 g/mol. The van der Waals surface area contributed by atoms with E-state index in [1.807, 2.05) is 0 Å². The summed E-state index contributed by atoms with van der Waals surface area (Å²) in [4.78, 5) is 17.1. The van der Waals surface area contributed by atoms with Crippen molar-refractivity contribution < 1.29 is 14.4 Å². The molecule has 0 aromatic rings. The van der Waals surface area contributed by atoms with Crippen LogP contribution in [0.25, 0.3) is 0 Å². The van der Waals surface area contributed by atoms with Gasteiger partial charge in [0.05, 0.1) is 0 Å². The smallest absolute Gasteiger partial charge is 0.324 e. The largest absolute Gasteiger partial charge is 0.325 e. The van der Waals surface area contributed by atoms with Crippen LogP contribution >= 0.6 is 30.2 Å². The fraction of sp³-hybridized carbons (Fsp3) is 1.00. The van der Waals surface area contributed by atoms with Crippen LogP contribution in [0.15, 0.2) is 0 Å². The molecule has 0 bridgehead atoms. The molecule has 0 rings (SSSR count). The van der Waals surface area contributed by atoms with Gasteiger partial charge in [0.25, 0.3) is 0 Å². The van der Waals surface area contributed by atoms with Gasteiger partial charge in [-0.2, -0.15) is 0 Å². The van der Waals surface area contributed by atoms with Gasteiger partial charge in [-0.3, -0.25) is 4.57 Å². The fourth-order valence-corrected chi connectivity index (χ4v) is 2.29. The van der Waals surface area contributed by atoms with Gasteiger partial charge in [-0.05, 0) is 17.3 Å². The van der Waals surface area contributed by atoms with Gasteiger partial charge in [-0.15, -0.1) is 0 Å². The van der Waals surface area contributed by atoms with Crippen molar-refractivity contribution in [3.8, 4) is 0 Å². The molecule has 5 heteroatoms. The van der Waals surface area contributed by atoms with Crippen LogP contribution in [-0.4, -0.2) is 20.4 Å². The minimum Gasteiger partial charge on any atom is -0.324 e. The lowest BCUT2D eigenvalue weighted by atomic mass is 10.1. The highest BCUT2D eigenvalue weighted by Crippen LogP contribution is 2.35. The zero-order valence-corrected chi connectivity index (χ0v) is 10.8. The third kappa shape index (κ3) is 12.9. The van der Waals surface area contributed by atoms with Crippen molar-refractivity contribution in [2.75, 3.05) is 10.6 Å². The van der Waals surface area contributed by atoms with Gasteiger partial charge < -0.3 is 9.79 Å². The van der Waals surface area contributed by atoms with Crippen LogP contribution in [0.1, 0.15) is 38.5 Å². The zero-order valence-electron chi connectivity index (χ0n) is 7.78. The van der Waals surface area contributed by atoms with Crippen LogP contribution in [-0.2, 0) is 4.57 Å². The van der Waals surface area contributed by atoms with Crippen molar-refractivity contribution in [3.63, 3.8) is 0 Å². The summed E-state index contributed by atoms with van der Waals surface area (Å²) in [6.45, 7) is 0. The zero-order chi connectivity index (χ0) is 10.2. The van der Waals surface area contributed by atoms with Crippen molar-refractivity contribution in [1.82, 2.24) is 0 Å². The summed E-state index contributed by atoms with van der Waals surface area (Å²) in [5.74, 6) is 0. The van der Waals surface area contributed by atoms with Gasteiger partial charge >= 0.3 is 7.60 Å². The lowest BCUT2D eigenvalue weighted by molar-refractivity contribution is 0.370. The van der Waals surface area contributed by atoms with E-state index in [1.165, 1.54) is 23.7 Å². The Morgan fingerprint density at radius 1 is 0.923 bits per heavy atom. The van der Waals surface area contributed by atoms with E-state index < -0.39 is 7.60 Å². The van der Waals surface area contributed by atoms with Gasteiger partial charge in [-0.25, -0.2) is 0 Å². The Kier molecular flexibility index (Phi) is 8.77. The molecule has 0 spiro atoms. The first kappa shape index (κ1) is 13.9. The predicted molar refractivity (Wildman–Crippen MR) is 63.5 cm³/mol. The van der Waals surface area contributed by atoms with Gasteiger partial charge in [0, 0.05) is 6.16 Å². The number of unbranched alkanes of at least 4 members (excludes halogenated alkanes) is 5. The molecule has 0 aromatic heterocycles. The third-order valence-electron chi connectivity index (χ3n) is 1.83. The average Bonchev–Trinajstić information content (AvgIpc) is 2.01. The lowest BCUT2D eigenvalue weighted by Gasteiger charge is -2.02. The van der Waals surface area contributed by atoms with Crippen molar-refractivity contribution in [1.29, 1.82) is 0 Å². The van der Waals surface area contributed by atoms with Crippen molar-refractivity contribution in [2.45, 2.75) is 38.5 Å². The maximum Gasteiger partial charge on any atom is 0.325 e. The highest BCUT2D eigenvalue weighted by atomic mass is 127. The predicted octanol–water partition coefficient (Wildman–Crippen LogP) is 2.94. The fourth-order valence-electron chi connectivity index (χ4n) is 1.12. The third-order valence-corrected chi connectivity index (χ3v) is 3.49. The van der Waals surface area contributed by atoms with E-state index in [4.69, 9.17) is 9.79 Å². The van der Waals surface area contributed by atoms with E-state index in [9.17, 15) is 4.57 Å². The summed E-state index contributed by atoms with van der Waals surface area (Å²) in [5, 5.41) is 0. The van der Waals surface area contributed by atoms with E-state index in [2.05, 4.69) is 22.6 Å². The van der Waals surface area contributed by atoms with Gasteiger partial charge in [0.1, 0.15) is 0 Å². The number of hydrogen-bond acceptors (Lipinski definition) is 1. The summed E-state index contributed by atoms with van der Waals surface area (Å²) >= 11 is 2.36. The molecule has 0 aliphatic heterocycles. The highest BCUT2D eigenvalue weighted by Gasteiger charge is 2.10. The molecule has 3 nitrogen and oxygen atoms in total. The number of rotatable bonds is 8. The van der Waals surface area contributed by atoms with Gasteiger partial charge in [-0.1, -0.05) is 48.3 Å². The normalized spacial score (nSPS) is 11.9. The van der Waals surface area contributed by atoms with Crippen molar-refractivity contribution >= 4 is 30.2 Å². The van der Waals surface area contributed by atoms with Crippen molar-refractivity contribution in [2.24, 2.45) is 0 Å². The van der Waals surface area contributed by atoms with Gasteiger partial charge in [0.2, 0.25) is 0 Å². The molecule has 0 atom stereocenters. The van der Waals surface area contributed by atoms with Gasteiger partial charge in [0.15, 0.2) is 0 Å². The summed E-state index contributed by atoms with van der Waals surface area (Å²) in [6, 6.07) is 0. The lowest BCUT2D eigenvalue weighted by Crippen LogP contribution is -1.88.